The van der Waals surface area contributed by atoms with E-state index in [1.807, 2.05) is 6.92 Å². The summed E-state index contributed by atoms with van der Waals surface area (Å²) in [7, 11) is 0. The summed E-state index contributed by atoms with van der Waals surface area (Å²) in [6, 6.07) is 0. The number of epoxide rings is 2. The molecular formula is C20H30O4. The molecule has 5 aliphatic rings. The van der Waals surface area contributed by atoms with E-state index in [4.69, 9.17) is 9.47 Å². The van der Waals surface area contributed by atoms with Gasteiger partial charge in [0.1, 0.15) is 17.3 Å². The molecule has 2 saturated heterocycles. The number of aliphatic carboxylic acids is 1. The molecule has 2 aliphatic heterocycles. The Labute approximate surface area is 144 Å². The van der Waals surface area contributed by atoms with Gasteiger partial charge in [0.15, 0.2) is 0 Å². The van der Waals surface area contributed by atoms with Crippen molar-refractivity contribution < 1.29 is 19.4 Å². The Hall–Kier alpha value is -0.610. The third-order valence-corrected chi connectivity index (χ3v) is 8.98. The molecule has 1 N–H and O–H groups in total. The summed E-state index contributed by atoms with van der Waals surface area (Å²) in [5.41, 5.74) is -0.570. The highest BCUT2D eigenvalue weighted by atomic mass is 16.7. The third-order valence-electron chi connectivity index (χ3n) is 8.98. The maximum atomic E-state index is 12.1. The summed E-state index contributed by atoms with van der Waals surface area (Å²) in [6.07, 6.45) is 6.61. The molecule has 0 radical (unpaired) electrons. The predicted molar refractivity (Wildman–Crippen MR) is 88.6 cm³/mol. The van der Waals surface area contributed by atoms with Crippen molar-refractivity contribution in [2.24, 2.45) is 28.6 Å². The lowest BCUT2D eigenvalue weighted by Gasteiger charge is -2.58. The van der Waals surface area contributed by atoms with Crippen LogP contribution in [0.2, 0.25) is 0 Å². The van der Waals surface area contributed by atoms with Gasteiger partial charge in [-0.15, -0.1) is 0 Å². The fourth-order valence-corrected chi connectivity index (χ4v) is 7.51. The molecule has 134 valence electrons. The first-order chi connectivity index (χ1) is 11.2. The molecule has 0 aromatic carbocycles. The number of carbonyl (C=O) groups is 1. The van der Waals surface area contributed by atoms with E-state index in [0.717, 1.165) is 38.5 Å². The van der Waals surface area contributed by atoms with Crippen molar-refractivity contribution in [2.75, 3.05) is 0 Å². The quantitative estimate of drug-likeness (QED) is 0.783. The first-order valence-corrected chi connectivity index (χ1v) is 9.81. The van der Waals surface area contributed by atoms with Gasteiger partial charge in [-0.1, -0.05) is 27.2 Å². The minimum atomic E-state index is -0.610. The molecule has 0 aromatic rings. The number of ether oxygens (including phenoxy) is 2. The lowest BCUT2D eigenvalue weighted by atomic mass is 9.43. The minimum Gasteiger partial charge on any atom is -0.481 e. The van der Waals surface area contributed by atoms with E-state index in [-0.39, 0.29) is 34.7 Å². The van der Waals surface area contributed by atoms with Gasteiger partial charge >= 0.3 is 5.97 Å². The van der Waals surface area contributed by atoms with Gasteiger partial charge in [0.05, 0.1) is 11.5 Å². The lowest BCUT2D eigenvalue weighted by molar-refractivity contribution is -0.168. The highest BCUT2D eigenvalue weighted by Crippen LogP contribution is 2.76. The zero-order valence-electron chi connectivity index (χ0n) is 15.3. The molecule has 4 heteroatoms. The molecule has 1 unspecified atom stereocenters. The average Bonchev–Trinajstić information content (AvgIpc) is 3.38. The van der Waals surface area contributed by atoms with E-state index < -0.39 is 11.4 Å². The van der Waals surface area contributed by atoms with Crippen molar-refractivity contribution in [3.8, 4) is 0 Å². The van der Waals surface area contributed by atoms with Gasteiger partial charge in [-0.25, -0.2) is 0 Å². The highest BCUT2D eigenvalue weighted by Gasteiger charge is 2.85. The monoisotopic (exact) mass is 334 g/mol. The molecule has 4 nitrogen and oxygen atoms in total. The van der Waals surface area contributed by atoms with Crippen LogP contribution in [0.4, 0.5) is 0 Å². The van der Waals surface area contributed by atoms with Crippen LogP contribution in [0, 0.1) is 28.6 Å². The summed E-state index contributed by atoms with van der Waals surface area (Å²) in [6.45, 7) is 8.89. The number of fused-ring (bicyclic) bond motifs is 3. The SMILES string of the molecule is CC(C)[C@@]12CC[C@H]3C4(O[C@@H]4C[C@@H]4[C@]3(C)CCC[C@@]4(C)C(=O)O)[C@@H]1O2. The maximum absolute atomic E-state index is 12.1. The Morgan fingerprint density at radius 1 is 1.12 bits per heavy atom. The van der Waals surface area contributed by atoms with Crippen LogP contribution in [-0.2, 0) is 14.3 Å². The average molecular weight is 334 g/mol. The largest absolute Gasteiger partial charge is 0.481 e. The molecular weight excluding hydrogens is 304 g/mol. The van der Waals surface area contributed by atoms with Crippen molar-refractivity contribution in [3.63, 3.8) is 0 Å². The summed E-state index contributed by atoms with van der Waals surface area (Å²) in [4.78, 5) is 12.1. The summed E-state index contributed by atoms with van der Waals surface area (Å²) >= 11 is 0. The minimum absolute atomic E-state index is 0.0409. The Morgan fingerprint density at radius 2 is 1.88 bits per heavy atom. The maximum Gasteiger partial charge on any atom is 0.309 e. The molecule has 24 heavy (non-hydrogen) atoms. The molecule has 1 spiro atoms. The molecule has 0 bridgehead atoms. The van der Waals surface area contributed by atoms with Crippen molar-refractivity contribution in [3.05, 3.63) is 0 Å². The predicted octanol–water partition coefficient (Wildman–Crippen LogP) is 3.63. The standard InChI is InChI=1S/C20H30O4/c1-11(2)19-9-6-12-17(3)7-5-8-18(4,16(21)22)13(17)10-14-20(12,23-14)15(19)24-19/h11-15H,5-10H2,1-4H3,(H,21,22)/t12-,13-,14-,15-,17-,18-,19+,20?/m1/s1. The molecule has 3 aliphatic carbocycles. The Morgan fingerprint density at radius 3 is 2.54 bits per heavy atom. The first-order valence-electron chi connectivity index (χ1n) is 9.81. The molecule has 8 atom stereocenters. The summed E-state index contributed by atoms with van der Waals surface area (Å²) < 4.78 is 12.7. The Balaban J connectivity index is 1.54. The highest BCUT2D eigenvalue weighted by molar-refractivity contribution is 5.75. The van der Waals surface area contributed by atoms with E-state index in [0.29, 0.717) is 11.8 Å². The number of carboxylic acid groups (broad SMARTS) is 1. The first kappa shape index (κ1) is 15.6. The summed E-state index contributed by atoms with van der Waals surface area (Å²) in [5.74, 6) is 0.615. The lowest BCUT2D eigenvalue weighted by Crippen LogP contribution is -2.61. The van der Waals surface area contributed by atoms with E-state index >= 15 is 0 Å². The normalized spacial score (nSPS) is 60.5. The summed E-state index contributed by atoms with van der Waals surface area (Å²) in [5, 5.41) is 9.95. The Kier molecular flexibility index (Phi) is 2.73. The van der Waals surface area contributed by atoms with Gasteiger partial charge in [0.25, 0.3) is 0 Å². The fourth-order valence-electron chi connectivity index (χ4n) is 7.51. The van der Waals surface area contributed by atoms with E-state index in [2.05, 4.69) is 20.8 Å². The van der Waals surface area contributed by atoms with Gasteiger partial charge in [-0.05, 0) is 62.2 Å². The van der Waals surface area contributed by atoms with Gasteiger partial charge < -0.3 is 14.6 Å². The number of hydrogen-bond acceptors (Lipinski definition) is 3. The number of rotatable bonds is 2. The second-order valence-electron chi connectivity index (χ2n) is 10.0. The smallest absolute Gasteiger partial charge is 0.309 e. The van der Waals surface area contributed by atoms with Crippen molar-refractivity contribution in [1.29, 1.82) is 0 Å². The molecule has 0 aromatic heterocycles. The molecule has 5 fully saturated rings. The molecule has 3 saturated carbocycles. The fraction of sp³-hybridized carbons (Fsp3) is 0.950. The van der Waals surface area contributed by atoms with Crippen LogP contribution in [0.1, 0.15) is 66.2 Å². The zero-order valence-corrected chi connectivity index (χ0v) is 15.3. The van der Waals surface area contributed by atoms with Crippen LogP contribution in [0.15, 0.2) is 0 Å². The van der Waals surface area contributed by atoms with Gasteiger partial charge in [0.2, 0.25) is 0 Å². The number of carboxylic acids is 1. The number of hydrogen-bond donors (Lipinski definition) is 1. The van der Waals surface area contributed by atoms with Crippen LogP contribution >= 0.6 is 0 Å². The second-order valence-corrected chi connectivity index (χ2v) is 10.0. The van der Waals surface area contributed by atoms with Crippen LogP contribution in [0.25, 0.3) is 0 Å². The molecule has 0 amide bonds. The van der Waals surface area contributed by atoms with E-state index in [9.17, 15) is 9.90 Å². The topological polar surface area (TPSA) is 62.4 Å². The van der Waals surface area contributed by atoms with Crippen molar-refractivity contribution in [1.82, 2.24) is 0 Å². The van der Waals surface area contributed by atoms with E-state index in [1.165, 1.54) is 0 Å². The zero-order chi connectivity index (χ0) is 17.1. The third kappa shape index (κ3) is 1.48. The van der Waals surface area contributed by atoms with Gasteiger partial charge in [-0.3, -0.25) is 4.79 Å². The van der Waals surface area contributed by atoms with E-state index in [1.54, 1.807) is 0 Å². The Bertz CT molecular complexity index is 617. The van der Waals surface area contributed by atoms with Crippen molar-refractivity contribution >= 4 is 5.97 Å². The molecule has 5 rings (SSSR count). The van der Waals surface area contributed by atoms with Gasteiger partial charge in [0, 0.05) is 0 Å². The second kappa shape index (κ2) is 4.20. The van der Waals surface area contributed by atoms with Crippen LogP contribution in [0.5, 0.6) is 0 Å². The van der Waals surface area contributed by atoms with Crippen LogP contribution < -0.4 is 0 Å². The van der Waals surface area contributed by atoms with Gasteiger partial charge in [-0.2, -0.15) is 0 Å². The van der Waals surface area contributed by atoms with Crippen LogP contribution in [-0.4, -0.2) is 34.5 Å². The van der Waals surface area contributed by atoms with Crippen LogP contribution in [0.3, 0.4) is 0 Å². The molecule has 2 heterocycles. The van der Waals surface area contributed by atoms with Crippen molar-refractivity contribution in [2.45, 2.75) is 89.6 Å².